The molecule has 1 aliphatic rings. The number of nitrogens with zero attached hydrogens (tertiary/aromatic N) is 6. The number of para-hydroxylation sites is 1. The molecule has 0 amide bonds. The van der Waals surface area contributed by atoms with Crippen molar-refractivity contribution in [2.75, 3.05) is 0 Å². The minimum atomic E-state index is -1.14. The Hall–Kier alpha value is -7.40. The maximum Gasteiger partial charge on any atom is 0.511 e. The number of carbonyl (C=O) groups is 2. The average molecular weight is 823 g/mol. The van der Waals surface area contributed by atoms with Crippen LogP contribution in [0.3, 0.4) is 0 Å². The molecular formula is C51H46N6O5. The number of hydrogen-bond donors (Lipinski definition) is 0. The molecule has 11 heteroatoms. The Kier molecular flexibility index (Phi) is 11.4. The summed E-state index contributed by atoms with van der Waals surface area (Å²) in [6, 6.07) is 52.9. The zero-order valence-corrected chi connectivity index (χ0v) is 34.6. The zero-order valence-electron chi connectivity index (χ0n) is 34.6. The Morgan fingerprint density at radius 1 is 0.694 bits per heavy atom. The number of rotatable bonds is 12. The first-order chi connectivity index (χ1) is 30.4. The fourth-order valence-electron chi connectivity index (χ4n) is 8.77. The molecule has 1 aliphatic carbocycles. The number of imidazole rings is 1. The summed E-state index contributed by atoms with van der Waals surface area (Å²) in [7, 11) is 0. The average Bonchev–Trinajstić information content (AvgIpc) is 3.92. The molecule has 310 valence electrons. The number of fused-ring (bicyclic) bond motifs is 1. The highest BCUT2D eigenvalue weighted by molar-refractivity contribution is 6.02. The summed E-state index contributed by atoms with van der Waals surface area (Å²) in [5.74, 6) is 0.724. The minimum Gasteiger partial charge on any atom is -0.431 e. The summed E-state index contributed by atoms with van der Waals surface area (Å²) in [5.41, 5.74) is 7.58. The molecule has 0 radical (unpaired) electrons. The second kappa shape index (κ2) is 17.7. The lowest BCUT2D eigenvalue weighted by molar-refractivity contribution is -0.0914. The van der Waals surface area contributed by atoms with E-state index in [1.165, 1.54) is 6.92 Å². The van der Waals surface area contributed by atoms with E-state index in [-0.39, 0.29) is 6.10 Å². The molecule has 0 spiro atoms. The second-order valence-electron chi connectivity index (χ2n) is 15.6. The molecule has 1 atom stereocenters. The van der Waals surface area contributed by atoms with Crippen molar-refractivity contribution in [1.29, 1.82) is 0 Å². The van der Waals surface area contributed by atoms with Crippen molar-refractivity contribution in [2.45, 2.75) is 70.4 Å². The minimum absolute atomic E-state index is 0.168. The van der Waals surface area contributed by atoms with Gasteiger partial charge in [0.2, 0.25) is 6.29 Å². The SMILES string of the molecule is Cc1nc2cccc(C(=O)O[C@@H](C)OC(=O)OC3CCCCC3)c2n1Cc1ccc(-c2ccccc2-c2nnnn2C(c2ccccc2)(c2ccccc2)c2ccccc2)cc1. The number of ether oxygens (including phenoxy) is 3. The van der Waals surface area contributed by atoms with Gasteiger partial charge in [-0.15, -0.1) is 5.10 Å². The van der Waals surface area contributed by atoms with Crippen molar-refractivity contribution >= 4 is 23.2 Å². The van der Waals surface area contributed by atoms with Crippen LogP contribution in [-0.2, 0) is 26.3 Å². The topological polar surface area (TPSA) is 123 Å². The first kappa shape index (κ1) is 40.0. The van der Waals surface area contributed by atoms with Gasteiger partial charge >= 0.3 is 12.1 Å². The van der Waals surface area contributed by atoms with Crippen LogP contribution in [0, 0.1) is 6.92 Å². The Morgan fingerprint density at radius 2 is 1.29 bits per heavy atom. The van der Waals surface area contributed by atoms with Crippen LogP contribution in [0.4, 0.5) is 4.79 Å². The summed E-state index contributed by atoms with van der Waals surface area (Å²) in [6.07, 6.45) is 2.65. The number of aryl methyl sites for hydroxylation is 1. The molecule has 2 aromatic heterocycles. The van der Waals surface area contributed by atoms with Crippen molar-refractivity contribution in [1.82, 2.24) is 29.8 Å². The monoisotopic (exact) mass is 822 g/mol. The van der Waals surface area contributed by atoms with Crippen LogP contribution in [0.25, 0.3) is 33.5 Å². The molecule has 0 aliphatic heterocycles. The van der Waals surface area contributed by atoms with Crippen molar-refractivity contribution in [3.05, 3.63) is 191 Å². The number of benzene rings is 6. The Bertz CT molecular complexity index is 2700. The van der Waals surface area contributed by atoms with Crippen molar-refractivity contribution in [2.24, 2.45) is 0 Å². The van der Waals surface area contributed by atoms with Gasteiger partial charge in [0.05, 0.1) is 16.6 Å². The number of carbonyl (C=O) groups excluding carboxylic acids is 2. The van der Waals surface area contributed by atoms with E-state index >= 15 is 0 Å². The third-order valence-electron chi connectivity index (χ3n) is 11.7. The summed E-state index contributed by atoms with van der Waals surface area (Å²) in [4.78, 5) is 30.8. The lowest BCUT2D eigenvalue weighted by Gasteiger charge is -2.36. The van der Waals surface area contributed by atoms with Gasteiger partial charge in [-0.2, -0.15) is 0 Å². The number of aromatic nitrogens is 6. The van der Waals surface area contributed by atoms with Crippen LogP contribution in [0.5, 0.6) is 0 Å². The Morgan fingerprint density at radius 3 is 1.92 bits per heavy atom. The largest absolute Gasteiger partial charge is 0.511 e. The predicted molar refractivity (Wildman–Crippen MR) is 236 cm³/mol. The van der Waals surface area contributed by atoms with Crippen molar-refractivity contribution in [3.63, 3.8) is 0 Å². The maximum atomic E-state index is 13.6. The normalized spacial score (nSPS) is 13.7. The third-order valence-corrected chi connectivity index (χ3v) is 11.7. The summed E-state index contributed by atoms with van der Waals surface area (Å²) >= 11 is 0. The second-order valence-corrected chi connectivity index (χ2v) is 15.6. The highest BCUT2D eigenvalue weighted by Gasteiger charge is 2.42. The van der Waals surface area contributed by atoms with E-state index < -0.39 is 24.0 Å². The van der Waals surface area contributed by atoms with Crippen LogP contribution in [-0.4, -0.2) is 54.3 Å². The molecule has 1 saturated carbocycles. The molecule has 9 rings (SSSR count). The summed E-state index contributed by atoms with van der Waals surface area (Å²) in [6.45, 7) is 3.87. The standard InChI is InChI=1S/C51H46N6O5/c1-35-52-46-29-17-28-45(49(58)60-36(2)61-50(59)62-42-24-13-6-14-25-42)47(46)56(35)34-37-30-32-38(33-31-37)43-26-15-16-27-44(43)48-53-54-55-57(48)51(39-18-7-3-8-19-39,40-20-9-4-10-21-40)41-22-11-5-12-23-41/h3-5,7-12,15-23,26-33,36,42H,6,13-14,24-25,34H2,1-2H3/t36-/m1/s1. The van der Waals surface area contributed by atoms with E-state index in [0.717, 1.165) is 76.9 Å². The van der Waals surface area contributed by atoms with Gasteiger partial charge < -0.3 is 18.8 Å². The molecule has 11 nitrogen and oxygen atoms in total. The molecular weight excluding hydrogens is 777 g/mol. The first-order valence-corrected chi connectivity index (χ1v) is 21.1. The fraction of sp³-hybridized carbons (Fsp3) is 0.216. The quantitative estimate of drug-likeness (QED) is 0.0673. The maximum absolute atomic E-state index is 13.6. The molecule has 6 aromatic carbocycles. The smallest absolute Gasteiger partial charge is 0.431 e. The number of tetrazole rings is 1. The third kappa shape index (κ3) is 7.85. The Labute approximate surface area is 359 Å². The van der Waals surface area contributed by atoms with Crippen molar-refractivity contribution < 1.29 is 23.8 Å². The molecule has 0 saturated heterocycles. The van der Waals surface area contributed by atoms with E-state index in [2.05, 4.69) is 78.0 Å². The van der Waals surface area contributed by atoms with Gasteiger partial charge in [-0.1, -0.05) is 152 Å². The van der Waals surface area contributed by atoms with E-state index in [1.807, 2.05) is 89.0 Å². The van der Waals surface area contributed by atoms with E-state index in [0.29, 0.717) is 29.0 Å². The van der Waals surface area contributed by atoms with Crippen LogP contribution >= 0.6 is 0 Å². The molecule has 0 unspecified atom stereocenters. The van der Waals surface area contributed by atoms with Gasteiger partial charge in [-0.25, -0.2) is 19.3 Å². The van der Waals surface area contributed by atoms with Gasteiger partial charge in [0, 0.05) is 19.0 Å². The number of hydrogen-bond acceptors (Lipinski definition) is 9. The van der Waals surface area contributed by atoms with E-state index in [1.54, 1.807) is 12.1 Å². The highest BCUT2D eigenvalue weighted by atomic mass is 16.8. The lowest BCUT2D eigenvalue weighted by atomic mass is 9.77. The van der Waals surface area contributed by atoms with Gasteiger partial charge in [0.1, 0.15) is 17.5 Å². The van der Waals surface area contributed by atoms with Crippen molar-refractivity contribution in [3.8, 4) is 22.5 Å². The molecule has 2 heterocycles. The van der Waals surface area contributed by atoms with Gasteiger partial charge in [0.15, 0.2) is 5.82 Å². The summed E-state index contributed by atoms with van der Waals surface area (Å²) < 4.78 is 20.3. The predicted octanol–water partition coefficient (Wildman–Crippen LogP) is 10.5. The Balaban J connectivity index is 1.02. The molecule has 1 fully saturated rings. The zero-order chi connectivity index (χ0) is 42.5. The first-order valence-electron chi connectivity index (χ1n) is 21.1. The van der Waals surface area contributed by atoms with Gasteiger partial charge in [-0.3, -0.25) is 0 Å². The van der Waals surface area contributed by atoms with Crippen LogP contribution in [0.1, 0.15) is 77.5 Å². The van der Waals surface area contributed by atoms with Crippen LogP contribution < -0.4 is 0 Å². The highest BCUT2D eigenvalue weighted by Crippen LogP contribution is 2.43. The molecule has 62 heavy (non-hydrogen) atoms. The van der Waals surface area contributed by atoms with Crippen LogP contribution in [0.2, 0.25) is 0 Å². The number of esters is 1. The molecule has 8 aromatic rings. The van der Waals surface area contributed by atoms with E-state index in [9.17, 15) is 9.59 Å². The van der Waals surface area contributed by atoms with E-state index in [4.69, 9.17) is 29.5 Å². The fourth-order valence-corrected chi connectivity index (χ4v) is 8.77. The van der Waals surface area contributed by atoms with Gasteiger partial charge in [0.25, 0.3) is 0 Å². The lowest BCUT2D eigenvalue weighted by Crippen LogP contribution is -2.39. The summed E-state index contributed by atoms with van der Waals surface area (Å²) in [5, 5.41) is 13.8. The molecule has 0 bridgehead atoms. The van der Waals surface area contributed by atoms with Gasteiger partial charge in [-0.05, 0) is 88.5 Å². The van der Waals surface area contributed by atoms with Crippen LogP contribution in [0.15, 0.2) is 158 Å². The molecule has 0 N–H and O–H groups in total.